The average molecular weight is 444 g/mol. The first-order valence-electron chi connectivity index (χ1n) is 10.6. The van der Waals surface area contributed by atoms with Crippen LogP contribution in [-0.2, 0) is 15.8 Å². The van der Waals surface area contributed by atoms with Crippen LogP contribution >= 0.6 is 0 Å². The summed E-state index contributed by atoms with van der Waals surface area (Å²) in [6.07, 6.45) is 2.60. The topological polar surface area (TPSA) is 95.6 Å². The molecule has 7 nitrogen and oxygen atoms in total. The molecule has 0 aromatic heterocycles. The molecule has 1 saturated heterocycles. The molecule has 3 rings (SSSR count). The molecule has 2 N–H and O–H groups in total. The standard InChI is InChI=1S/C23H29N3O4S/c1-3-17(2)24-23(28)20-8-4-5-9-21(20)25-22(27)19-12-10-18(11-13-19)16-31(29,30)26-14-6-7-15-26/h4-5,8-13,17H,3,6-7,14-16H2,1-2H3,(H,24,28)(H,25,27)/t17-/m0/s1. The molecule has 1 fully saturated rings. The monoisotopic (exact) mass is 443 g/mol. The molecule has 0 aliphatic carbocycles. The van der Waals surface area contributed by atoms with Crippen LogP contribution in [-0.4, -0.2) is 43.7 Å². The van der Waals surface area contributed by atoms with Crippen molar-refractivity contribution in [3.05, 3.63) is 65.2 Å². The second-order valence-corrected chi connectivity index (χ2v) is 9.81. The van der Waals surface area contributed by atoms with Crippen molar-refractivity contribution in [3.8, 4) is 0 Å². The van der Waals surface area contributed by atoms with Crippen molar-refractivity contribution in [1.82, 2.24) is 9.62 Å². The van der Waals surface area contributed by atoms with E-state index in [0.29, 0.717) is 35.5 Å². The Balaban J connectivity index is 1.68. The van der Waals surface area contributed by atoms with Crippen LogP contribution in [0, 0.1) is 0 Å². The van der Waals surface area contributed by atoms with Gasteiger partial charge in [0.2, 0.25) is 10.0 Å². The van der Waals surface area contributed by atoms with Gasteiger partial charge in [0.1, 0.15) is 0 Å². The predicted octanol–water partition coefficient (Wildman–Crippen LogP) is 3.39. The van der Waals surface area contributed by atoms with Crippen LogP contribution in [0.3, 0.4) is 0 Å². The Kier molecular flexibility index (Phi) is 7.46. The number of carbonyl (C=O) groups is 2. The summed E-state index contributed by atoms with van der Waals surface area (Å²) in [7, 11) is -3.33. The Morgan fingerprint density at radius 1 is 1.00 bits per heavy atom. The molecule has 166 valence electrons. The molecule has 1 aliphatic heterocycles. The lowest BCUT2D eigenvalue weighted by Gasteiger charge is -2.16. The second kappa shape index (κ2) is 10.1. The van der Waals surface area contributed by atoms with E-state index in [4.69, 9.17) is 0 Å². The third-order valence-electron chi connectivity index (χ3n) is 5.43. The van der Waals surface area contributed by atoms with E-state index in [2.05, 4.69) is 10.6 Å². The molecule has 8 heteroatoms. The Hall–Kier alpha value is -2.71. The van der Waals surface area contributed by atoms with Gasteiger partial charge in [-0.2, -0.15) is 0 Å². The van der Waals surface area contributed by atoms with Crippen molar-refractivity contribution in [2.45, 2.75) is 44.9 Å². The van der Waals surface area contributed by atoms with E-state index in [1.54, 1.807) is 48.5 Å². The van der Waals surface area contributed by atoms with Crippen LogP contribution in [0.15, 0.2) is 48.5 Å². The van der Waals surface area contributed by atoms with Crippen LogP contribution in [0.2, 0.25) is 0 Å². The highest BCUT2D eigenvalue weighted by molar-refractivity contribution is 7.88. The zero-order valence-corrected chi connectivity index (χ0v) is 18.7. The molecule has 0 radical (unpaired) electrons. The van der Waals surface area contributed by atoms with E-state index >= 15 is 0 Å². The quantitative estimate of drug-likeness (QED) is 0.654. The molecule has 0 bridgehead atoms. The zero-order valence-electron chi connectivity index (χ0n) is 17.9. The smallest absolute Gasteiger partial charge is 0.255 e. The summed E-state index contributed by atoms with van der Waals surface area (Å²) in [6, 6.07) is 13.4. The molecule has 0 unspecified atom stereocenters. The fourth-order valence-electron chi connectivity index (χ4n) is 3.41. The normalized spacial score (nSPS) is 15.4. The fraction of sp³-hybridized carbons (Fsp3) is 0.391. The summed E-state index contributed by atoms with van der Waals surface area (Å²) >= 11 is 0. The van der Waals surface area contributed by atoms with Crippen molar-refractivity contribution in [2.24, 2.45) is 0 Å². The van der Waals surface area contributed by atoms with Gasteiger partial charge in [-0.1, -0.05) is 31.2 Å². The van der Waals surface area contributed by atoms with Gasteiger partial charge in [0, 0.05) is 24.7 Å². The van der Waals surface area contributed by atoms with Crippen LogP contribution in [0.4, 0.5) is 5.69 Å². The summed E-state index contributed by atoms with van der Waals surface area (Å²) < 4.78 is 26.5. The van der Waals surface area contributed by atoms with Crippen LogP contribution in [0.1, 0.15) is 59.4 Å². The minimum absolute atomic E-state index is 0.0284. The predicted molar refractivity (Wildman–Crippen MR) is 121 cm³/mol. The van der Waals surface area contributed by atoms with Gasteiger partial charge in [-0.15, -0.1) is 0 Å². The maximum atomic E-state index is 12.7. The summed E-state index contributed by atoms with van der Waals surface area (Å²) in [5.74, 6) is -0.682. The molecular formula is C23H29N3O4S. The number of benzene rings is 2. The Bertz CT molecular complexity index is 1030. The lowest BCUT2D eigenvalue weighted by molar-refractivity contribution is 0.0940. The zero-order chi connectivity index (χ0) is 22.4. The van der Waals surface area contributed by atoms with E-state index in [-0.39, 0.29) is 23.6 Å². The Morgan fingerprint density at radius 3 is 2.29 bits per heavy atom. The molecule has 1 aliphatic rings. The van der Waals surface area contributed by atoms with Gasteiger partial charge in [-0.05, 0) is 56.0 Å². The number of hydrogen-bond acceptors (Lipinski definition) is 4. The lowest BCUT2D eigenvalue weighted by Crippen LogP contribution is -2.32. The van der Waals surface area contributed by atoms with Crippen LogP contribution < -0.4 is 10.6 Å². The number of nitrogens with one attached hydrogen (secondary N) is 2. The van der Waals surface area contributed by atoms with Gasteiger partial charge in [0.05, 0.1) is 17.0 Å². The number of nitrogens with zero attached hydrogens (tertiary/aromatic N) is 1. The largest absolute Gasteiger partial charge is 0.350 e. The molecule has 2 aromatic carbocycles. The number of rotatable bonds is 8. The van der Waals surface area contributed by atoms with Gasteiger partial charge in [-0.25, -0.2) is 12.7 Å². The molecular weight excluding hydrogens is 414 g/mol. The molecule has 0 spiro atoms. The molecule has 1 atom stereocenters. The summed E-state index contributed by atoms with van der Waals surface area (Å²) in [4.78, 5) is 25.2. The SMILES string of the molecule is CC[C@H](C)NC(=O)c1ccccc1NC(=O)c1ccc(CS(=O)(=O)N2CCCC2)cc1. The lowest BCUT2D eigenvalue weighted by atomic mass is 10.1. The van der Waals surface area contributed by atoms with E-state index in [0.717, 1.165) is 19.3 Å². The Morgan fingerprint density at radius 2 is 1.65 bits per heavy atom. The van der Waals surface area contributed by atoms with Gasteiger partial charge < -0.3 is 10.6 Å². The Labute approximate surface area is 183 Å². The van der Waals surface area contributed by atoms with Gasteiger partial charge in [-0.3, -0.25) is 9.59 Å². The highest BCUT2D eigenvalue weighted by Gasteiger charge is 2.25. The maximum Gasteiger partial charge on any atom is 0.255 e. The summed E-state index contributed by atoms with van der Waals surface area (Å²) in [6.45, 7) is 5.06. The molecule has 31 heavy (non-hydrogen) atoms. The number of anilines is 1. The van der Waals surface area contributed by atoms with E-state index < -0.39 is 10.0 Å². The molecule has 1 heterocycles. The van der Waals surface area contributed by atoms with Gasteiger partial charge in [0.15, 0.2) is 0 Å². The number of hydrogen-bond donors (Lipinski definition) is 2. The first kappa shape index (κ1) is 23.0. The minimum atomic E-state index is -3.33. The first-order valence-corrected chi connectivity index (χ1v) is 12.2. The highest BCUT2D eigenvalue weighted by atomic mass is 32.2. The minimum Gasteiger partial charge on any atom is -0.350 e. The van der Waals surface area contributed by atoms with Crippen molar-refractivity contribution in [2.75, 3.05) is 18.4 Å². The van der Waals surface area contributed by atoms with Crippen molar-refractivity contribution >= 4 is 27.5 Å². The number of carbonyl (C=O) groups excluding carboxylic acids is 2. The first-order chi connectivity index (χ1) is 14.8. The second-order valence-electron chi connectivity index (χ2n) is 7.84. The maximum absolute atomic E-state index is 12.7. The highest BCUT2D eigenvalue weighted by Crippen LogP contribution is 2.19. The van der Waals surface area contributed by atoms with Crippen molar-refractivity contribution < 1.29 is 18.0 Å². The average Bonchev–Trinajstić information content (AvgIpc) is 3.30. The molecule has 2 amide bonds. The van der Waals surface area contributed by atoms with Crippen LogP contribution in [0.5, 0.6) is 0 Å². The molecule has 0 saturated carbocycles. The third-order valence-corrected chi connectivity index (χ3v) is 7.28. The van der Waals surface area contributed by atoms with E-state index in [1.807, 2.05) is 13.8 Å². The summed E-state index contributed by atoms with van der Waals surface area (Å²) in [5.41, 5.74) is 1.84. The number of para-hydroxylation sites is 1. The number of amides is 2. The van der Waals surface area contributed by atoms with E-state index in [9.17, 15) is 18.0 Å². The van der Waals surface area contributed by atoms with Gasteiger partial charge in [0.25, 0.3) is 11.8 Å². The van der Waals surface area contributed by atoms with Crippen LogP contribution in [0.25, 0.3) is 0 Å². The molecule has 2 aromatic rings. The van der Waals surface area contributed by atoms with Gasteiger partial charge >= 0.3 is 0 Å². The van der Waals surface area contributed by atoms with Crippen molar-refractivity contribution in [1.29, 1.82) is 0 Å². The third kappa shape index (κ3) is 5.92. The fourth-order valence-corrected chi connectivity index (χ4v) is 5.02. The van der Waals surface area contributed by atoms with Crippen molar-refractivity contribution in [3.63, 3.8) is 0 Å². The number of sulfonamides is 1. The summed E-state index contributed by atoms with van der Waals surface area (Å²) in [5, 5.41) is 5.69. The van der Waals surface area contributed by atoms with E-state index in [1.165, 1.54) is 4.31 Å².